The summed E-state index contributed by atoms with van der Waals surface area (Å²) in [4.78, 5) is 37.4. The first-order valence-electron chi connectivity index (χ1n) is 18.0. The summed E-state index contributed by atoms with van der Waals surface area (Å²) in [6.07, 6.45) is 29.8. The standard InChI is InChI=1S/C36H68O6/c1-3-5-7-9-11-13-15-17-19-21-23-25-27-29-32(38)35(33(39)31-37)36(41)42-34(40)30-28-26-24-22-20-18-16-14-12-10-8-6-4-2/h33,35,37,39H,3-31H2,1-2H3. The van der Waals surface area contributed by atoms with E-state index in [2.05, 4.69) is 13.8 Å². The van der Waals surface area contributed by atoms with Crippen LogP contribution in [-0.2, 0) is 19.1 Å². The van der Waals surface area contributed by atoms with Gasteiger partial charge in [-0.05, 0) is 12.8 Å². The largest absolute Gasteiger partial charge is 0.394 e. The summed E-state index contributed by atoms with van der Waals surface area (Å²) in [5.41, 5.74) is 0. The lowest BCUT2D eigenvalue weighted by Crippen LogP contribution is -2.39. The molecule has 0 aliphatic heterocycles. The summed E-state index contributed by atoms with van der Waals surface area (Å²) < 4.78 is 4.91. The zero-order valence-corrected chi connectivity index (χ0v) is 27.7. The lowest BCUT2D eigenvalue weighted by atomic mass is 9.93. The Bertz CT molecular complexity index is 634. The maximum atomic E-state index is 12.7. The third-order valence-electron chi connectivity index (χ3n) is 8.40. The molecule has 6 heteroatoms. The predicted octanol–water partition coefficient (Wildman–Crippen LogP) is 9.56. The first-order chi connectivity index (χ1) is 20.5. The van der Waals surface area contributed by atoms with Crippen molar-refractivity contribution in [1.82, 2.24) is 0 Å². The predicted molar refractivity (Wildman–Crippen MR) is 173 cm³/mol. The number of unbranched alkanes of at least 4 members (excludes halogenated alkanes) is 24. The molecule has 42 heavy (non-hydrogen) atoms. The molecule has 0 bridgehead atoms. The molecule has 2 N–H and O–H groups in total. The van der Waals surface area contributed by atoms with Crippen molar-refractivity contribution in [3.8, 4) is 0 Å². The Hall–Kier alpha value is -1.27. The fraction of sp³-hybridized carbons (Fsp3) is 0.917. The SMILES string of the molecule is CCCCCCCCCCCCCCCC(=O)OC(=O)C(C(=O)CCCCCCCCCCCCCCC)C(O)CO. The van der Waals surface area contributed by atoms with Gasteiger partial charge in [-0.1, -0.05) is 168 Å². The Kier molecular flexibility index (Phi) is 30.2. The van der Waals surface area contributed by atoms with E-state index in [4.69, 9.17) is 4.74 Å². The van der Waals surface area contributed by atoms with Crippen LogP contribution in [0.5, 0.6) is 0 Å². The van der Waals surface area contributed by atoms with E-state index in [1.54, 1.807) is 0 Å². The molecule has 0 amide bonds. The van der Waals surface area contributed by atoms with E-state index in [1.807, 2.05) is 0 Å². The van der Waals surface area contributed by atoms with Gasteiger partial charge in [0.1, 0.15) is 11.7 Å². The van der Waals surface area contributed by atoms with Gasteiger partial charge >= 0.3 is 11.9 Å². The van der Waals surface area contributed by atoms with E-state index in [-0.39, 0.29) is 12.8 Å². The summed E-state index contributed by atoms with van der Waals surface area (Å²) >= 11 is 0. The highest BCUT2D eigenvalue weighted by molar-refractivity contribution is 6.02. The van der Waals surface area contributed by atoms with Crippen LogP contribution in [0, 0.1) is 5.92 Å². The normalized spacial score (nSPS) is 12.8. The molecule has 0 aliphatic carbocycles. The van der Waals surface area contributed by atoms with Gasteiger partial charge in [0.2, 0.25) is 0 Å². The molecule has 0 aromatic heterocycles. The highest BCUT2D eigenvalue weighted by atomic mass is 16.6. The van der Waals surface area contributed by atoms with E-state index < -0.39 is 36.4 Å². The maximum Gasteiger partial charge on any atom is 0.326 e. The van der Waals surface area contributed by atoms with Gasteiger partial charge in [-0.25, -0.2) is 0 Å². The Morgan fingerprint density at radius 3 is 1.14 bits per heavy atom. The highest BCUT2D eigenvalue weighted by Gasteiger charge is 2.35. The molecule has 0 fully saturated rings. The van der Waals surface area contributed by atoms with Crippen molar-refractivity contribution >= 4 is 17.7 Å². The highest BCUT2D eigenvalue weighted by Crippen LogP contribution is 2.17. The number of hydrogen-bond acceptors (Lipinski definition) is 6. The number of aliphatic hydroxyl groups excluding tert-OH is 2. The van der Waals surface area contributed by atoms with E-state index in [9.17, 15) is 24.6 Å². The number of esters is 2. The Labute approximate surface area is 259 Å². The molecule has 6 nitrogen and oxygen atoms in total. The number of carbonyl (C=O) groups is 3. The number of rotatable bonds is 32. The van der Waals surface area contributed by atoms with Gasteiger partial charge in [0.05, 0.1) is 12.7 Å². The smallest absolute Gasteiger partial charge is 0.326 e. The molecule has 0 aliphatic rings. The Morgan fingerprint density at radius 2 is 0.810 bits per heavy atom. The lowest BCUT2D eigenvalue weighted by Gasteiger charge is -2.18. The van der Waals surface area contributed by atoms with Crippen molar-refractivity contribution in [2.75, 3.05) is 6.61 Å². The zero-order chi connectivity index (χ0) is 31.1. The molecule has 0 rings (SSSR count). The van der Waals surface area contributed by atoms with Crippen molar-refractivity contribution in [3.63, 3.8) is 0 Å². The second-order valence-corrected chi connectivity index (χ2v) is 12.5. The summed E-state index contributed by atoms with van der Waals surface area (Å²) in [6, 6.07) is 0. The number of hydrogen-bond donors (Lipinski definition) is 2. The molecule has 248 valence electrons. The third kappa shape index (κ3) is 25.2. The Balaban J connectivity index is 3.94. The van der Waals surface area contributed by atoms with Crippen LogP contribution in [0.4, 0.5) is 0 Å². The summed E-state index contributed by atoms with van der Waals surface area (Å²) in [5.74, 6) is -3.65. The molecule has 2 atom stereocenters. The van der Waals surface area contributed by atoms with Gasteiger partial charge in [-0.3, -0.25) is 14.4 Å². The second-order valence-electron chi connectivity index (χ2n) is 12.5. The van der Waals surface area contributed by atoms with Crippen molar-refractivity contribution in [3.05, 3.63) is 0 Å². The molecule has 0 spiro atoms. The minimum absolute atomic E-state index is 0.123. The van der Waals surface area contributed by atoms with Crippen LogP contribution >= 0.6 is 0 Å². The van der Waals surface area contributed by atoms with Crippen molar-refractivity contribution in [2.45, 2.75) is 200 Å². The van der Waals surface area contributed by atoms with Gasteiger partial charge < -0.3 is 14.9 Å². The fourth-order valence-corrected chi connectivity index (χ4v) is 5.59. The van der Waals surface area contributed by atoms with Gasteiger partial charge in [-0.15, -0.1) is 0 Å². The lowest BCUT2D eigenvalue weighted by molar-refractivity contribution is -0.167. The van der Waals surface area contributed by atoms with Crippen LogP contribution in [0.3, 0.4) is 0 Å². The van der Waals surface area contributed by atoms with Gasteiger partial charge in [0, 0.05) is 12.8 Å². The van der Waals surface area contributed by atoms with Crippen LogP contribution < -0.4 is 0 Å². The third-order valence-corrected chi connectivity index (χ3v) is 8.40. The first kappa shape index (κ1) is 40.7. The van der Waals surface area contributed by atoms with Gasteiger partial charge in [-0.2, -0.15) is 0 Å². The molecule has 0 radical (unpaired) electrons. The Morgan fingerprint density at radius 1 is 0.500 bits per heavy atom. The topological polar surface area (TPSA) is 101 Å². The van der Waals surface area contributed by atoms with E-state index in [1.165, 1.54) is 116 Å². The van der Waals surface area contributed by atoms with E-state index in [0.717, 1.165) is 38.5 Å². The van der Waals surface area contributed by atoms with Crippen LogP contribution in [0.2, 0.25) is 0 Å². The summed E-state index contributed by atoms with van der Waals surface area (Å²) in [5, 5.41) is 19.5. The van der Waals surface area contributed by atoms with Crippen LogP contribution in [0.25, 0.3) is 0 Å². The molecular weight excluding hydrogens is 528 g/mol. The van der Waals surface area contributed by atoms with Gasteiger partial charge in [0.25, 0.3) is 0 Å². The zero-order valence-electron chi connectivity index (χ0n) is 27.7. The minimum Gasteiger partial charge on any atom is -0.394 e. The van der Waals surface area contributed by atoms with E-state index in [0.29, 0.717) is 12.8 Å². The quantitative estimate of drug-likeness (QED) is 0.0455. The number of aliphatic hydroxyl groups is 2. The average Bonchev–Trinajstić information content (AvgIpc) is 2.97. The monoisotopic (exact) mass is 597 g/mol. The van der Waals surface area contributed by atoms with Gasteiger partial charge in [0.15, 0.2) is 0 Å². The van der Waals surface area contributed by atoms with Crippen LogP contribution in [0.15, 0.2) is 0 Å². The maximum absolute atomic E-state index is 12.7. The first-order valence-corrected chi connectivity index (χ1v) is 18.0. The molecule has 0 aromatic rings. The molecule has 0 saturated heterocycles. The number of ether oxygens (including phenoxy) is 1. The van der Waals surface area contributed by atoms with E-state index >= 15 is 0 Å². The van der Waals surface area contributed by atoms with Crippen molar-refractivity contribution in [2.24, 2.45) is 5.92 Å². The molecule has 0 saturated carbocycles. The number of ketones is 1. The van der Waals surface area contributed by atoms with Crippen LogP contribution in [-0.4, -0.2) is 40.6 Å². The molecular formula is C36H68O6. The number of carbonyl (C=O) groups excluding carboxylic acids is 3. The summed E-state index contributed by atoms with van der Waals surface area (Å²) in [7, 11) is 0. The molecule has 0 heterocycles. The fourth-order valence-electron chi connectivity index (χ4n) is 5.59. The van der Waals surface area contributed by atoms with Crippen molar-refractivity contribution < 1.29 is 29.3 Å². The average molecular weight is 597 g/mol. The molecule has 0 aromatic carbocycles. The van der Waals surface area contributed by atoms with Crippen molar-refractivity contribution in [1.29, 1.82) is 0 Å². The summed E-state index contributed by atoms with van der Waals surface area (Å²) in [6.45, 7) is 3.76. The second kappa shape index (κ2) is 31.2. The van der Waals surface area contributed by atoms with Crippen LogP contribution in [0.1, 0.15) is 194 Å². The molecule has 2 unspecified atom stereocenters. The number of Topliss-reactive ketones (excluding diaryl/α,β-unsaturated/α-hetero) is 1. The minimum atomic E-state index is -1.55.